The van der Waals surface area contributed by atoms with Gasteiger partial charge in [-0.25, -0.2) is 0 Å². The van der Waals surface area contributed by atoms with Crippen molar-refractivity contribution in [3.63, 3.8) is 0 Å². The van der Waals surface area contributed by atoms with Gasteiger partial charge in [0.25, 0.3) is 0 Å². The van der Waals surface area contributed by atoms with Crippen LogP contribution in [0, 0.1) is 5.92 Å². The molecule has 2 N–H and O–H groups in total. The van der Waals surface area contributed by atoms with Crippen molar-refractivity contribution in [3.8, 4) is 0 Å². The second-order valence-corrected chi connectivity index (χ2v) is 4.93. The van der Waals surface area contributed by atoms with Gasteiger partial charge in [-0.15, -0.1) is 0 Å². The van der Waals surface area contributed by atoms with Crippen LogP contribution in [0.15, 0.2) is 0 Å². The smallest absolute Gasteiger partial charge is 0.223 e. The third kappa shape index (κ3) is 3.66. The molecule has 0 saturated carbocycles. The molecule has 2 rings (SSSR count). The molecular formula is C12H22N2O3. The van der Waals surface area contributed by atoms with Crippen LogP contribution < -0.4 is 5.32 Å². The first-order chi connectivity index (χ1) is 8.29. The minimum Gasteiger partial charge on any atom is -0.394 e. The van der Waals surface area contributed by atoms with Crippen LogP contribution in [0.1, 0.15) is 19.3 Å². The predicted molar refractivity (Wildman–Crippen MR) is 63.6 cm³/mol. The molecule has 0 bridgehead atoms. The number of aliphatic hydroxyl groups is 1. The third-order valence-corrected chi connectivity index (χ3v) is 3.56. The van der Waals surface area contributed by atoms with E-state index in [0.29, 0.717) is 32.0 Å². The molecule has 2 unspecified atom stereocenters. The van der Waals surface area contributed by atoms with Gasteiger partial charge in [0.1, 0.15) is 0 Å². The molecule has 2 atom stereocenters. The van der Waals surface area contributed by atoms with Gasteiger partial charge in [-0.05, 0) is 31.8 Å². The molecule has 2 saturated heterocycles. The van der Waals surface area contributed by atoms with Gasteiger partial charge in [0.15, 0.2) is 0 Å². The summed E-state index contributed by atoms with van der Waals surface area (Å²) in [5.41, 5.74) is 0. The van der Waals surface area contributed by atoms with Crippen LogP contribution in [0.4, 0.5) is 0 Å². The topological polar surface area (TPSA) is 61.8 Å². The van der Waals surface area contributed by atoms with Gasteiger partial charge in [-0.3, -0.25) is 4.79 Å². The van der Waals surface area contributed by atoms with Crippen molar-refractivity contribution in [1.29, 1.82) is 0 Å². The quantitative estimate of drug-likeness (QED) is 0.706. The highest BCUT2D eigenvalue weighted by Crippen LogP contribution is 2.16. The van der Waals surface area contributed by atoms with Gasteiger partial charge in [-0.2, -0.15) is 0 Å². The fourth-order valence-corrected chi connectivity index (χ4v) is 2.53. The molecule has 17 heavy (non-hydrogen) atoms. The summed E-state index contributed by atoms with van der Waals surface area (Å²) in [6, 6.07) is 0. The second-order valence-electron chi connectivity index (χ2n) is 4.93. The fraction of sp³-hybridized carbons (Fsp3) is 0.917. The van der Waals surface area contributed by atoms with E-state index in [2.05, 4.69) is 5.32 Å². The van der Waals surface area contributed by atoms with Crippen molar-refractivity contribution < 1.29 is 14.6 Å². The van der Waals surface area contributed by atoms with Crippen LogP contribution in [-0.4, -0.2) is 61.4 Å². The summed E-state index contributed by atoms with van der Waals surface area (Å²) in [5.74, 6) is 0.687. The standard InChI is InChI=1S/C12H22N2O3/c15-9-11-8-14(4-5-17-11)12(16)6-10-2-1-3-13-7-10/h10-11,13,15H,1-9H2. The van der Waals surface area contributed by atoms with E-state index in [0.717, 1.165) is 19.5 Å². The summed E-state index contributed by atoms with van der Waals surface area (Å²) in [6.45, 7) is 3.77. The van der Waals surface area contributed by atoms with E-state index in [1.165, 1.54) is 6.42 Å². The van der Waals surface area contributed by atoms with Gasteiger partial charge in [0, 0.05) is 19.5 Å². The zero-order valence-electron chi connectivity index (χ0n) is 10.2. The lowest BCUT2D eigenvalue weighted by Crippen LogP contribution is -2.47. The minimum atomic E-state index is -0.197. The zero-order valence-corrected chi connectivity index (χ0v) is 10.2. The van der Waals surface area contributed by atoms with Crippen LogP contribution in [0.5, 0.6) is 0 Å². The van der Waals surface area contributed by atoms with Crippen LogP contribution in [0.25, 0.3) is 0 Å². The Bertz CT molecular complexity index is 254. The molecule has 0 radical (unpaired) electrons. The minimum absolute atomic E-state index is 0.00519. The maximum absolute atomic E-state index is 12.1. The number of morpholine rings is 1. The molecule has 2 fully saturated rings. The number of carbonyl (C=O) groups is 1. The Labute approximate surface area is 102 Å². The maximum Gasteiger partial charge on any atom is 0.223 e. The van der Waals surface area contributed by atoms with Crippen molar-refractivity contribution in [2.24, 2.45) is 5.92 Å². The molecule has 0 aromatic rings. The number of piperidine rings is 1. The number of aliphatic hydroxyl groups excluding tert-OH is 1. The average molecular weight is 242 g/mol. The second kappa shape index (κ2) is 6.33. The average Bonchev–Trinajstić information content (AvgIpc) is 2.40. The van der Waals surface area contributed by atoms with E-state index >= 15 is 0 Å². The summed E-state index contributed by atoms with van der Waals surface area (Å²) in [7, 11) is 0. The Morgan fingerprint density at radius 2 is 2.41 bits per heavy atom. The van der Waals surface area contributed by atoms with E-state index in [4.69, 9.17) is 9.84 Å². The summed E-state index contributed by atoms with van der Waals surface area (Å²) in [4.78, 5) is 13.9. The van der Waals surface area contributed by atoms with Gasteiger partial charge in [-0.1, -0.05) is 0 Å². The van der Waals surface area contributed by atoms with Crippen molar-refractivity contribution in [3.05, 3.63) is 0 Å². The zero-order chi connectivity index (χ0) is 12.1. The highest BCUT2D eigenvalue weighted by atomic mass is 16.5. The largest absolute Gasteiger partial charge is 0.394 e. The lowest BCUT2D eigenvalue weighted by Gasteiger charge is -2.33. The van der Waals surface area contributed by atoms with E-state index < -0.39 is 0 Å². The highest BCUT2D eigenvalue weighted by molar-refractivity contribution is 5.76. The van der Waals surface area contributed by atoms with Gasteiger partial charge < -0.3 is 20.1 Å². The number of nitrogens with zero attached hydrogens (tertiary/aromatic N) is 1. The molecule has 0 aliphatic carbocycles. The number of hydrogen-bond acceptors (Lipinski definition) is 4. The van der Waals surface area contributed by atoms with Crippen molar-refractivity contribution in [2.75, 3.05) is 39.4 Å². The first kappa shape index (κ1) is 12.8. The molecule has 0 aromatic heterocycles. The molecular weight excluding hydrogens is 220 g/mol. The Kier molecular flexibility index (Phi) is 4.76. The first-order valence-corrected chi connectivity index (χ1v) is 6.50. The van der Waals surface area contributed by atoms with Crippen molar-refractivity contribution in [1.82, 2.24) is 10.2 Å². The number of ether oxygens (including phenoxy) is 1. The molecule has 98 valence electrons. The lowest BCUT2D eigenvalue weighted by atomic mass is 9.95. The summed E-state index contributed by atoms with van der Waals surface area (Å²) >= 11 is 0. The van der Waals surface area contributed by atoms with Crippen LogP contribution in [-0.2, 0) is 9.53 Å². The Balaban J connectivity index is 1.78. The Morgan fingerprint density at radius 1 is 1.53 bits per heavy atom. The number of rotatable bonds is 3. The van der Waals surface area contributed by atoms with Crippen LogP contribution >= 0.6 is 0 Å². The normalized spacial score (nSPS) is 30.3. The first-order valence-electron chi connectivity index (χ1n) is 6.50. The number of carbonyl (C=O) groups excluding carboxylic acids is 1. The van der Waals surface area contributed by atoms with Gasteiger partial charge >= 0.3 is 0 Å². The molecule has 5 heteroatoms. The van der Waals surface area contributed by atoms with E-state index in [-0.39, 0.29) is 18.6 Å². The molecule has 2 aliphatic heterocycles. The molecule has 0 aromatic carbocycles. The van der Waals surface area contributed by atoms with Gasteiger partial charge in [0.2, 0.25) is 5.91 Å². The predicted octanol–water partition coefficient (Wildman–Crippen LogP) is -0.404. The van der Waals surface area contributed by atoms with E-state index in [1.807, 2.05) is 4.90 Å². The van der Waals surface area contributed by atoms with E-state index in [9.17, 15) is 4.79 Å². The molecule has 5 nitrogen and oxygen atoms in total. The Hall–Kier alpha value is -0.650. The van der Waals surface area contributed by atoms with Crippen LogP contribution in [0.3, 0.4) is 0 Å². The van der Waals surface area contributed by atoms with E-state index in [1.54, 1.807) is 0 Å². The van der Waals surface area contributed by atoms with Crippen LogP contribution in [0.2, 0.25) is 0 Å². The number of nitrogens with one attached hydrogen (secondary N) is 1. The monoisotopic (exact) mass is 242 g/mol. The van der Waals surface area contributed by atoms with Crippen molar-refractivity contribution in [2.45, 2.75) is 25.4 Å². The lowest BCUT2D eigenvalue weighted by molar-refractivity contribution is -0.141. The SMILES string of the molecule is O=C(CC1CCCNC1)N1CCOC(CO)C1. The highest BCUT2D eigenvalue weighted by Gasteiger charge is 2.26. The molecule has 0 spiro atoms. The fourth-order valence-electron chi connectivity index (χ4n) is 2.53. The molecule has 2 heterocycles. The van der Waals surface area contributed by atoms with Gasteiger partial charge in [0.05, 0.1) is 19.3 Å². The number of amides is 1. The maximum atomic E-state index is 12.1. The number of hydrogen-bond donors (Lipinski definition) is 2. The Morgan fingerprint density at radius 3 is 3.12 bits per heavy atom. The molecule has 1 amide bonds. The van der Waals surface area contributed by atoms with Crippen molar-refractivity contribution >= 4 is 5.91 Å². The molecule has 2 aliphatic rings. The summed E-state index contributed by atoms with van der Waals surface area (Å²) in [5, 5.41) is 12.4. The summed E-state index contributed by atoms with van der Waals surface area (Å²) in [6.07, 6.45) is 2.75. The third-order valence-electron chi connectivity index (χ3n) is 3.56. The summed E-state index contributed by atoms with van der Waals surface area (Å²) < 4.78 is 5.34.